The maximum atomic E-state index is 12.2. The number of hydrogen-bond donors (Lipinski definition) is 3. The van der Waals surface area contributed by atoms with Crippen molar-refractivity contribution in [1.29, 1.82) is 0 Å². The number of urea groups is 1. The highest BCUT2D eigenvalue weighted by molar-refractivity contribution is 7.98. The predicted molar refractivity (Wildman–Crippen MR) is 96.3 cm³/mol. The van der Waals surface area contributed by atoms with Crippen molar-refractivity contribution < 1.29 is 28.6 Å². The molecule has 0 aliphatic carbocycles. The van der Waals surface area contributed by atoms with Gasteiger partial charge in [-0.05, 0) is 37.5 Å². The Morgan fingerprint density at radius 3 is 2.73 bits per heavy atom. The molecule has 0 radical (unpaired) electrons. The highest BCUT2D eigenvalue weighted by Crippen LogP contribution is 2.34. The van der Waals surface area contributed by atoms with Crippen molar-refractivity contribution >= 4 is 35.4 Å². The third-order valence-corrected chi connectivity index (χ3v) is 4.16. The Labute approximate surface area is 154 Å². The first-order valence-electron chi connectivity index (χ1n) is 7.86. The number of hydrogen-bond acceptors (Lipinski definition) is 7. The van der Waals surface area contributed by atoms with Gasteiger partial charge in [0.05, 0.1) is 0 Å². The number of nitrogens with one attached hydrogen (secondary N) is 2. The summed E-state index contributed by atoms with van der Waals surface area (Å²) in [7, 11) is 0. The van der Waals surface area contributed by atoms with Crippen LogP contribution in [-0.4, -0.2) is 48.9 Å². The minimum atomic E-state index is -1.06. The molecule has 2 rings (SSSR count). The summed E-state index contributed by atoms with van der Waals surface area (Å²) in [6, 6.07) is 3.20. The van der Waals surface area contributed by atoms with Gasteiger partial charge >= 0.3 is 12.0 Å². The SMILES string of the molecule is CSCC[C@@H](NC(N)=O)C(=O)O[C@@H](C)C(=O)Nc1ccc2c(c1)OCO2. The van der Waals surface area contributed by atoms with E-state index < -0.39 is 30.1 Å². The van der Waals surface area contributed by atoms with Crippen molar-refractivity contribution in [2.75, 3.05) is 24.1 Å². The number of ether oxygens (including phenoxy) is 3. The summed E-state index contributed by atoms with van der Waals surface area (Å²) in [5.41, 5.74) is 5.56. The van der Waals surface area contributed by atoms with Gasteiger partial charge in [0.15, 0.2) is 17.6 Å². The molecule has 1 aliphatic rings. The van der Waals surface area contributed by atoms with E-state index >= 15 is 0 Å². The van der Waals surface area contributed by atoms with Crippen molar-refractivity contribution in [3.05, 3.63) is 18.2 Å². The van der Waals surface area contributed by atoms with E-state index in [-0.39, 0.29) is 6.79 Å². The first kappa shape index (κ1) is 19.7. The van der Waals surface area contributed by atoms with Crippen molar-refractivity contribution in [3.63, 3.8) is 0 Å². The molecule has 0 aromatic heterocycles. The Balaban J connectivity index is 1.92. The number of benzene rings is 1. The zero-order valence-electron chi connectivity index (χ0n) is 14.4. The van der Waals surface area contributed by atoms with E-state index in [0.29, 0.717) is 29.4 Å². The van der Waals surface area contributed by atoms with Crippen LogP contribution in [0, 0.1) is 0 Å². The van der Waals surface area contributed by atoms with Gasteiger partial charge in [0.2, 0.25) is 6.79 Å². The zero-order chi connectivity index (χ0) is 19.1. The Morgan fingerprint density at radius 1 is 1.31 bits per heavy atom. The van der Waals surface area contributed by atoms with E-state index in [4.69, 9.17) is 19.9 Å². The second-order valence-electron chi connectivity index (χ2n) is 5.48. The maximum Gasteiger partial charge on any atom is 0.329 e. The number of thioether (sulfide) groups is 1. The van der Waals surface area contributed by atoms with Gasteiger partial charge in [0, 0.05) is 11.8 Å². The standard InChI is InChI=1S/C16H21N3O6S/c1-9(25-15(21)11(5-6-26-2)19-16(17)22)14(20)18-10-3-4-12-13(7-10)24-8-23-12/h3-4,7,9,11H,5-6,8H2,1-2H3,(H,18,20)(H3,17,19,22)/t9-,11+/m0/s1. The second kappa shape index (κ2) is 9.18. The number of carbonyl (C=O) groups excluding carboxylic acids is 3. The average molecular weight is 383 g/mol. The largest absolute Gasteiger partial charge is 0.454 e. The molecule has 0 fully saturated rings. The summed E-state index contributed by atoms with van der Waals surface area (Å²) in [5.74, 6) is 0.510. The van der Waals surface area contributed by atoms with Gasteiger partial charge in [-0.15, -0.1) is 0 Å². The first-order chi connectivity index (χ1) is 12.4. The van der Waals surface area contributed by atoms with E-state index in [2.05, 4.69) is 10.6 Å². The van der Waals surface area contributed by atoms with Crippen LogP contribution in [0.3, 0.4) is 0 Å². The number of amides is 3. The fourth-order valence-corrected chi connectivity index (χ4v) is 2.66. The number of fused-ring (bicyclic) bond motifs is 1. The average Bonchev–Trinajstić information content (AvgIpc) is 3.05. The van der Waals surface area contributed by atoms with Crippen molar-refractivity contribution in [3.8, 4) is 11.5 Å². The van der Waals surface area contributed by atoms with Gasteiger partial charge in [-0.3, -0.25) is 4.79 Å². The zero-order valence-corrected chi connectivity index (χ0v) is 15.3. The molecule has 1 aromatic carbocycles. The molecule has 26 heavy (non-hydrogen) atoms. The molecule has 0 unspecified atom stereocenters. The molecule has 1 aliphatic heterocycles. The molecule has 1 aromatic rings. The Morgan fingerprint density at radius 2 is 2.04 bits per heavy atom. The molecule has 9 nitrogen and oxygen atoms in total. The minimum Gasteiger partial charge on any atom is -0.454 e. The summed E-state index contributed by atoms with van der Waals surface area (Å²) in [6.07, 6.45) is 1.16. The number of rotatable bonds is 8. The Hall–Kier alpha value is -2.62. The second-order valence-corrected chi connectivity index (χ2v) is 6.46. The molecule has 2 atom stereocenters. The third kappa shape index (κ3) is 5.45. The highest BCUT2D eigenvalue weighted by atomic mass is 32.2. The van der Waals surface area contributed by atoms with Gasteiger partial charge in [-0.1, -0.05) is 0 Å². The molecular formula is C16H21N3O6S. The number of nitrogens with two attached hydrogens (primary N) is 1. The van der Waals surface area contributed by atoms with Crippen LogP contribution in [0.2, 0.25) is 0 Å². The summed E-state index contributed by atoms with van der Waals surface area (Å²) >= 11 is 1.51. The van der Waals surface area contributed by atoms with E-state index in [9.17, 15) is 14.4 Å². The fraction of sp³-hybridized carbons (Fsp3) is 0.438. The van der Waals surface area contributed by atoms with Crippen LogP contribution in [0.4, 0.5) is 10.5 Å². The smallest absolute Gasteiger partial charge is 0.329 e. The summed E-state index contributed by atoms with van der Waals surface area (Å²) in [6.45, 7) is 1.57. The first-order valence-corrected chi connectivity index (χ1v) is 9.26. The van der Waals surface area contributed by atoms with Gasteiger partial charge in [0.25, 0.3) is 5.91 Å². The van der Waals surface area contributed by atoms with Crippen LogP contribution in [-0.2, 0) is 14.3 Å². The Bertz CT molecular complexity index is 684. The molecule has 1 heterocycles. The van der Waals surface area contributed by atoms with E-state index in [0.717, 1.165) is 0 Å². The van der Waals surface area contributed by atoms with Crippen molar-refractivity contribution in [2.24, 2.45) is 5.73 Å². The third-order valence-electron chi connectivity index (χ3n) is 3.51. The molecule has 10 heteroatoms. The molecule has 0 saturated carbocycles. The highest BCUT2D eigenvalue weighted by Gasteiger charge is 2.26. The fourth-order valence-electron chi connectivity index (χ4n) is 2.18. The lowest BCUT2D eigenvalue weighted by Crippen LogP contribution is -2.46. The normalized spacial score (nSPS) is 14.2. The van der Waals surface area contributed by atoms with Gasteiger partial charge < -0.3 is 30.6 Å². The lowest BCUT2D eigenvalue weighted by atomic mass is 10.2. The Kier molecular flexibility index (Phi) is 6.96. The van der Waals surface area contributed by atoms with Crippen LogP contribution >= 0.6 is 11.8 Å². The monoisotopic (exact) mass is 383 g/mol. The number of esters is 1. The van der Waals surface area contributed by atoms with Crippen LogP contribution in [0.15, 0.2) is 18.2 Å². The van der Waals surface area contributed by atoms with Gasteiger partial charge in [-0.25, -0.2) is 9.59 Å². The summed E-state index contributed by atoms with van der Waals surface area (Å²) in [5, 5.41) is 4.96. The number of carbonyl (C=O) groups is 3. The molecule has 142 valence electrons. The van der Waals surface area contributed by atoms with E-state index in [1.54, 1.807) is 18.2 Å². The molecule has 0 saturated heterocycles. The van der Waals surface area contributed by atoms with Crippen LogP contribution < -0.4 is 25.8 Å². The predicted octanol–water partition coefficient (Wildman–Crippen LogP) is 1.08. The number of anilines is 1. The van der Waals surface area contributed by atoms with E-state index in [1.807, 2.05) is 6.26 Å². The van der Waals surface area contributed by atoms with Crippen LogP contribution in [0.1, 0.15) is 13.3 Å². The van der Waals surface area contributed by atoms with Crippen molar-refractivity contribution in [2.45, 2.75) is 25.5 Å². The van der Waals surface area contributed by atoms with Crippen LogP contribution in [0.25, 0.3) is 0 Å². The van der Waals surface area contributed by atoms with Crippen LogP contribution in [0.5, 0.6) is 11.5 Å². The maximum absolute atomic E-state index is 12.2. The molecule has 4 N–H and O–H groups in total. The molecule has 3 amide bonds. The molecular weight excluding hydrogens is 362 g/mol. The summed E-state index contributed by atoms with van der Waals surface area (Å²) < 4.78 is 15.6. The molecule has 0 spiro atoms. The number of primary amides is 1. The quantitative estimate of drug-likeness (QED) is 0.573. The lowest BCUT2D eigenvalue weighted by molar-refractivity contribution is -0.155. The van der Waals surface area contributed by atoms with Crippen molar-refractivity contribution in [1.82, 2.24) is 5.32 Å². The summed E-state index contributed by atoms with van der Waals surface area (Å²) in [4.78, 5) is 35.4. The minimum absolute atomic E-state index is 0.130. The molecule has 0 bridgehead atoms. The van der Waals surface area contributed by atoms with E-state index in [1.165, 1.54) is 18.7 Å². The van der Waals surface area contributed by atoms with Gasteiger partial charge in [0.1, 0.15) is 6.04 Å². The lowest BCUT2D eigenvalue weighted by Gasteiger charge is -2.19. The topological polar surface area (TPSA) is 129 Å². The van der Waals surface area contributed by atoms with Gasteiger partial charge in [-0.2, -0.15) is 11.8 Å².